The van der Waals surface area contributed by atoms with E-state index in [0.29, 0.717) is 0 Å². The van der Waals surface area contributed by atoms with Crippen molar-refractivity contribution in [3.8, 4) is 0 Å². The first-order valence-electron chi connectivity index (χ1n) is 7.49. The average Bonchev–Trinajstić information content (AvgIpc) is 2.51. The van der Waals surface area contributed by atoms with Crippen molar-refractivity contribution in [2.24, 2.45) is 0 Å². The number of nitrogens with zero attached hydrogens (tertiary/aromatic N) is 2. The Labute approximate surface area is 132 Å². The van der Waals surface area contributed by atoms with Crippen molar-refractivity contribution in [1.29, 1.82) is 0 Å². The van der Waals surface area contributed by atoms with Crippen LogP contribution in [0.1, 0.15) is 16.8 Å². The molecule has 0 atom stereocenters. The lowest BCUT2D eigenvalue weighted by Crippen LogP contribution is -2.10. The molecule has 0 aliphatic heterocycles. The summed E-state index contributed by atoms with van der Waals surface area (Å²) >= 11 is 0. The van der Waals surface area contributed by atoms with Crippen LogP contribution in [0.4, 0.5) is 17.1 Å². The number of aromatic nitrogens is 1. The molecule has 0 saturated carbocycles. The molecule has 1 heterocycles. The molecule has 110 valence electrons. The van der Waals surface area contributed by atoms with Crippen molar-refractivity contribution in [2.45, 2.75) is 20.8 Å². The third-order valence-corrected chi connectivity index (χ3v) is 3.72. The van der Waals surface area contributed by atoms with E-state index in [1.165, 1.54) is 11.1 Å². The van der Waals surface area contributed by atoms with Crippen LogP contribution < -0.4 is 4.90 Å². The third-order valence-electron chi connectivity index (χ3n) is 3.72. The van der Waals surface area contributed by atoms with Gasteiger partial charge < -0.3 is 4.90 Å². The maximum absolute atomic E-state index is 4.31. The van der Waals surface area contributed by atoms with E-state index in [1.54, 1.807) is 0 Å². The van der Waals surface area contributed by atoms with Gasteiger partial charge in [-0.25, -0.2) is 0 Å². The minimum atomic E-state index is 1.02. The van der Waals surface area contributed by atoms with Crippen LogP contribution >= 0.6 is 0 Å². The lowest BCUT2D eigenvalue weighted by Gasteiger charge is -2.25. The Hall–Kier alpha value is -2.61. The van der Waals surface area contributed by atoms with E-state index in [2.05, 4.69) is 78.3 Å². The number of pyridine rings is 1. The SMILES string of the molecule is Cc1ccc(N(c2ccc(C)cc2)c2ccnc(C)c2)cc1. The van der Waals surface area contributed by atoms with Crippen LogP contribution in [0.2, 0.25) is 0 Å². The third kappa shape index (κ3) is 3.01. The standard InChI is InChI=1S/C20H20N2/c1-15-4-8-18(9-5-15)22(19-10-6-16(2)7-11-19)20-12-13-21-17(3)14-20/h4-14H,1-3H3. The van der Waals surface area contributed by atoms with Gasteiger partial charge in [-0.3, -0.25) is 4.98 Å². The molecule has 22 heavy (non-hydrogen) atoms. The molecule has 0 spiro atoms. The maximum atomic E-state index is 4.31. The minimum Gasteiger partial charge on any atom is -0.310 e. The average molecular weight is 288 g/mol. The Morgan fingerprint density at radius 2 is 1.14 bits per heavy atom. The van der Waals surface area contributed by atoms with E-state index in [4.69, 9.17) is 0 Å². The summed E-state index contributed by atoms with van der Waals surface area (Å²) in [5, 5.41) is 0. The Morgan fingerprint density at radius 3 is 1.59 bits per heavy atom. The highest BCUT2D eigenvalue weighted by Crippen LogP contribution is 2.34. The summed E-state index contributed by atoms with van der Waals surface area (Å²) in [4.78, 5) is 6.57. The number of benzene rings is 2. The van der Waals surface area contributed by atoms with Gasteiger partial charge in [-0.1, -0.05) is 35.4 Å². The highest BCUT2D eigenvalue weighted by Gasteiger charge is 2.12. The molecule has 0 aliphatic rings. The lowest BCUT2D eigenvalue weighted by atomic mass is 10.1. The summed E-state index contributed by atoms with van der Waals surface area (Å²) in [5.41, 5.74) is 6.97. The fraction of sp³-hybridized carbons (Fsp3) is 0.150. The van der Waals surface area contributed by atoms with Crippen LogP contribution in [-0.4, -0.2) is 4.98 Å². The van der Waals surface area contributed by atoms with Crippen molar-refractivity contribution in [3.05, 3.63) is 83.7 Å². The molecule has 0 aliphatic carbocycles. The second-order valence-corrected chi connectivity index (χ2v) is 5.66. The van der Waals surface area contributed by atoms with E-state index >= 15 is 0 Å². The molecule has 3 aromatic rings. The fourth-order valence-electron chi connectivity index (χ4n) is 2.50. The van der Waals surface area contributed by atoms with Crippen LogP contribution in [0.3, 0.4) is 0 Å². The topological polar surface area (TPSA) is 16.1 Å². The molecule has 0 bridgehead atoms. The second-order valence-electron chi connectivity index (χ2n) is 5.66. The fourth-order valence-corrected chi connectivity index (χ4v) is 2.50. The van der Waals surface area contributed by atoms with Gasteiger partial charge in [0.1, 0.15) is 0 Å². The van der Waals surface area contributed by atoms with Crippen LogP contribution in [-0.2, 0) is 0 Å². The Bertz CT molecular complexity index is 713. The first-order chi connectivity index (χ1) is 10.6. The predicted molar refractivity (Wildman–Crippen MR) is 93.1 cm³/mol. The van der Waals surface area contributed by atoms with Crippen molar-refractivity contribution in [1.82, 2.24) is 4.98 Å². The highest BCUT2D eigenvalue weighted by atomic mass is 15.1. The molecule has 2 aromatic carbocycles. The molecule has 2 heteroatoms. The number of anilines is 3. The molecular formula is C20H20N2. The summed E-state index contributed by atoms with van der Waals surface area (Å²) in [5.74, 6) is 0. The van der Waals surface area contributed by atoms with E-state index in [1.807, 2.05) is 19.2 Å². The number of rotatable bonds is 3. The van der Waals surface area contributed by atoms with Crippen LogP contribution in [0.15, 0.2) is 66.9 Å². The van der Waals surface area contributed by atoms with E-state index in [9.17, 15) is 0 Å². The van der Waals surface area contributed by atoms with E-state index in [-0.39, 0.29) is 0 Å². The summed E-state index contributed by atoms with van der Waals surface area (Å²) < 4.78 is 0. The predicted octanol–water partition coefficient (Wildman–Crippen LogP) is 5.48. The Morgan fingerprint density at radius 1 is 0.636 bits per heavy atom. The Balaban J connectivity index is 2.13. The van der Waals surface area contributed by atoms with E-state index < -0.39 is 0 Å². The summed E-state index contributed by atoms with van der Waals surface area (Å²) in [6, 6.07) is 21.4. The molecule has 0 radical (unpaired) electrons. The Kier molecular flexibility index (Phi) is 3.92. The van der Waals surface area contributed by atoms with Crippen molar-refractivity contribution < 1.29 is 0 Å². The molecule has 2 nitrogen and oxygen atoms in total. The van der Waals surface area contributed by atoms with Gasteiger partial charge in [0, 0.05) is 29.0 Å². The van der Waals surface area contributed by atoms with Crippen molar-refractivity contribution in [2.75, 3.05) is 4.90 Å². The van der Waals surface area contributed by atoms with Gasteiger partial charge in [0.15, 0.2) is 0 Å². The van der Waals surface area contributed by atoms with Crippen LogP contribution in [0.5, 0.6) is 0 Å². The van der Waals surface area contributed by atoms with Gasteiger partial charge in [-0.2, -0.15) is 0 Å². The van der Waals surface area contributed by atoms with Crippen LogP contribution in [0.25, 0.3) is 0 Å². The maximum Gasteiger partial charge on any atom is 0.0494 e. The van der Waals surface area contributed by atoms with Gasteiger partial charge in [-0.05, 0) is 57.2 Å². The van der Waals surface area contributed by atoms with Crippen molar-refractivity contribution in [3.63, 3.8) is 0 Å². The molecule has 0 amide bonds. The summed E-state index contributed by atoms with van der Waals surface area (Å²) in [6.45, 7) is 6.24. The van der Waals surface area contributed by atoms with Gasteiger partial charge in [-0.15, -0.1) is 0 Å². The molecular weight excluding hydrogens is 268 g/mol. The molecule has 3 rings (SSSR count). The van der Waals surface area contributed by atoms with Gasteiger partial charge in [0.2, 0.25) is 0 Å². The smallest absolute Gasteiger partial charge is 0.0494 e. The molecule has 0 N–H and O–H groups in total. The zero-order valence-corrected chi connectivity index (χ0v) is 13.2. The lowest BCUT2D eigenvalue weighted by molar-refractivity contribution is 1.17. The van der Waals surface area contributed by atoms with Gasteiger partial charge >= 0.3 is 0 Å². The number of hydrogen-bond donors (Lipinski definition) is 0. The quantitative estimate of drug-likeness (QED) is 0.634. The summed E-state index contributed by atoms with van der Waals surface area (Å²) in [7, 11) is 0. The first-order valence-corrected chi connectivity index (χ1v) is 7.49. The molecule has 0 unspecified atom stereocenters. The number of aryl methyl sites for hydroxylation is 3. The highest BCUT2D eigenvalue weighted by molar-refractivity contribution is 5.76. The zero-order valence-electron chi connectivity index (χ0n) is 13.2. The monoisotopic (exact) mass is 288 g/mol. The zero-order chi connectivity index (χ0) is 15.5. The largest absolute Gasteiger partial charge is 0.310 e. The second kappa shape index (κ2) is 6.02. The van der Waals surface area contributed by atoms with Crippen LogP contribution in [0, 0.1) is 20.8 Å². The molecule has 1 aromatic heterocycles. The summed E-state index contributed by atoms with van der Waals surface area (Å²) in [6.07, 6.45) is 1.86. The first kappa shape index (κ1) is 14.3. The van der Waals surface area contributed by atoms with Gasteiger partial charge in [0.25, 0.3) is 0 Å². The molecule has 0 saturated heterocycles. The normalized spacial score (nSPS) is 10.5. The molecule has 0 fully saturated rings. The van der Waals surface area contributed by atoms with E-state index in [0.717, 1.165) is 22.8 Å². The number of hydrogen-bond acceptors (Lipinski definition) is 2. The van der Waals surface area contributed by atoms with Gasteiger partial charge in [0.05, 0.1) is 0 Å². The van der Waals surface area contributed by atoms with Crippen molar-refractivity contribution >= 4 is 17.1 Å². The minimum absolute atomic E-state index is 1.02.